The lowest BCUT2D eigenvalue weighted by molar-refractivity contribution is 0.0930. The standard InChI is InChI=1S/C13H18N2O2/c1-9-7-10(4-5-12(9)16)13(17)15-11-3-2-6-14-8-11/h4-5,7,11,14,16H,2-3,6,8H2,1H3,(H,15,17)/t11-/m0/s1. The van der Waals surface area contributed by atoms with Crippen LogP contribution < -0.4 is 10.6 Å². The highest BCUT2D eigenvalue weighted by molar-refractivity contribution is 5.94. The fourth-order valence-electron chi connectivity index (χ4n) is 2.04. The molecule has 1 aliphatic rings. The van der Waals surface area contributed by atoms with Crippen LogP contribution in [-0.2, 0) is 0 Å². The van der Waals surface area contributed by atoms with Gasteiger partial charge in [-0.25, -0.2) is 0 Å². The van der Waals surface area contributed by atoms with Crippen molar-refractivity contribution in [3.8, 4) is 5.75 Å². The van der Waals surface area contributed by atoms with Gasteiger partial charge in [-0.15, -0.1) is 0 Å². The van der Waals surface area contributed by atoms with Gasteiger partial charge >= 0.3 is 0 Å². The molecule has 17 heavy (non-hydrogen) atoms. The van der Waals surface area contributed by atoms with Crippen LogP contribution in [0.25, 0.3) is 0 Å². The number of piperidine rings is 1. The zero-order valence-electron chi connectivity index (χ0n) is 9.99. The van der Waals surface area contributed by atoms with E-state index in [1.807, 2.05) is 0 Å². The van der Waals surface area contributed by atoms with E-state index in [0.717, 1.165) is 31.5 Å². The summed E-state index contributed by atoms with van der Waals surface area (Å²) in [5.41, 5.74) is 1.32. The van der Waals surface area contributed by atoms with Gasteiger partial charge in [-0.1, -0.05) is 0 Å². The van der Waals surface area contributed by atoms with Crippen molar-refractivity contribution in [2.75, 3.05) is 13.1 Å². The molecule has 0 bridgehead atoms. The molecule has 1 heterocycles. The van der Waals surface area contributed by atoms with Gasteiger partial charge in [-0.3, -0.25) is 4.79 Å². The Bertz CT molecular complexity index is 412. The number of hydrogen-bond acceptors (Lipinski definition) is 3. The van der Waals surface area contributed by atoms with Crippen molar-refractivity contribution >= 4 is 5.91 Å². The summed E-state index contributed by atoms with van der Waals surface area (Å²) >= 11 is 0. The first-order chi connectivity index (χ1) is 8.16. The van der Waals surface area contributed by atoms with E-state index >= 15 is 0 Å². The largest absolute Gasteiger partial charge is 0.508 e. The molecule has 0 aromatic heterocycles. The minimum Gasteiger partial charge on any atom is -0.508 e. The second-order valence-electron chi connectivity index (χ2n) is 4.52. The van der Waals surface area contributed by atoms with Crippen molar-refractivity contribution < 1.29 is 9.90 Å². The Labute approximate surface area is 101 Å². The molecule has 4 nitrogen and oxygen atoms in total. The Morgan fingerprint density at radius 3 is 3.00 bits per heavy atom. The molecule has 0 aliphatic carbocycles. The topological polar surface area (TPSA) is 61.4 Å². The van der Waals surface area contributed by atoms with Gasteiger partial charge in [0.15, 0.2) is 0 Å². The Morgan fingerprint density at radius 1 is 1.53 bits per heavy atom. The Hall–Kier alpha value is -1.55. The zero-order chi connectivity index (χ0) is 12.3. The number of amides is 1. The highest BCUT2D eigenvalue weighted by Gasteiger charge is 2.16. The van der Waals surface area contributed by atoms with Gasteiger partial charge in [0.1, 0.15) is 5.75 Å². The molecule has 4 heteroatoms. The van der Waals surface area contributed by atoms with E-state index in [9.17, 15) is 9.90 Å². The first-order valence-electron chi connectivity index (χ1n) is 5.98. The van der Waals surface area contributed by atoms with E-state index in [0.29, 0.717) is 5.56 Å². The van der Waals surface area contributed by atoms with E-state index < -0.39 is 0 Å². The molecule has 3 N–H and O–H groups in total. The summed E-state index contributed by atoms with van der Waals surface area (Å²) in [6.07, 6.45) is 2.12. The summed E-state index contributed by atoms with van der Waals surface area (Å²) in [4.78, 5) is 12.0. The highest BCUT2D eigenvalue weighted by atomic mass is 16.3. The molecule has 0 spiro atoms. The number of aromatic hydroxyl groups is 1. The molecule has 1 aromatic carbocycles. The Morgan fingerprint density at radius 2 is 2.35 bits per heavy atom. The lowest BCUT2D eigenvalue weighted by Gasteiger charge is -2.23. The van der Waals surface area contributed by atoms with Gasteiger partial charge in [0.2, 0.25) is 0 Å². The van der Waals surface area contributed by atoms with Gasteiger partial charge in [-0.2, -0.15) is 0 Å². The van der Waals surface area contributed by atoms with Crippen LogP contribution in [0.3, 0.4) is 0 Å². The van der Waals surface area contributed by atoms with Crippen LogP contribution in [0.15, 0.2) is 18.2 Å². The molecule has 1 atom stereocenters. The number of carbonyl (C=O) groups excluding carboxylic acids is 1. The normalized spacial score (nSPS) is 19.9. The number of phenolic OH excluding ortho intramolecular Hbond substituents is 1. The van der Waals surface area contributed by atoms with Crippen LogP contribution >= 0.6 is 0 Å². The van der Waals surface area contributed by atoms with Gasteiger partial charge in [0, 0.05) is 18.2 Å². The molecule has 0 unspecified atom stereocenters. The van der Waals surface area contributed by atoms with Gasteiger partial charge < -0.3 is 15.7 Å². The predicted molar refractivity (Wildman–Crippen MR) is 66.2 cm³/mol. The first-order valence-corrected chi connectivity index (χ1v) is 5.98. The molecule has 92 valence electrons. The molecular weight excluding hydrogens is 216 g/mol. The Kier molecular flexibility index (Phi) is 3.64. The van der Waals surface area contributed by atoms with Crippen LogP contribution in [0, 0.1) is 6.92 Å². The number of benzene rings is 1. The third kappa shape index (κ3) is 2.97. The van der Waals surface area contributed by atoms with Crippen molar-refractivity contribution in [2.45, 2.75) is 25.8 Å². The average Bonchev–Trinajstić information content (AvgIpc) is 2.34. The van der Waals surface area contributed by atoms with Crippen molar-refractivity contribution in [1.82, 2.24) is 10.6 Å². The quantitative estimate of drug-likeness (QED) is 0.720. The maximum Gasteiger partial charge on any atom is 0.251 e. The van der Waals surface area contributed by atoms with E-state index in [1.165, 1.54) is 0 Å². The lowest BCUT2D eigenvalue weighted by atomic mass is 10.1. The third-order valence-corrected chi connectivity index (χ3v) is 3.09. The van der Waals surface area contributed by atoms with E-state index in [2.05, 4.69) is 10.6 Å². The van der Waals surface area contributed by atoms with Gasteiger partial charge in [0.05, 0.1) is 0 Å². The fourth-order valence-corrected chi connectivity index (χ4v) is 2.04. The number of hydrogen-bond donors (Lipinski definition) is 3. The van der Waals surface area contributed by atoms with Gasteiger partial charge in [0.25, 0.3) is 5.91 Å². The molecular formula is C13H18N2O2. The zero-order valence-corrected chi connectivity index (χ0v) is 9.99. The second-order valence-corrected chi connectivity index (χ2v) is 4.52. The average molecular weight is 234 g/mol. The first kappa shape index (κ1) is 11.9. The molecule has 1 amide bonds. The van der Waals surface area contributed by atoms with Crippen LogP contribution in [0.1, 0.15) is 28.8 Å². The van der Waals surface area contributed by atoms with Crippen molar-refractivity contribution in [2.24, 2.45) is 0 Å². The Balaban J connectivity index is 2.01. The second kappa shape index (κ2) is 5.19. The minimum absolute atomic E-state index is 0.0678. The van der Waals surface area contributed by atoms with Gasteiger partial charge in [-0.05, 0) is 50.1 Å². The summed E-state index contributed by atoms with van der Waals surface area (Å²) in [6.45, 7) is 3.65. The molecule has 2 rings (SSSR count). The van der Waals surface area contributed by atoms with Crippen LogP contribution in [0.2, 0.25) is 0 Å². The van der Waals surface area contributed by atoms with Crippen LogP contribution in [0.4, 0.5) is 0 Å². The fraction of sp³-hybridized carbons (Fsp3) is 0.462. The number of phenols is 1. The molecule has 1 aromatic rings. The summed E-state index contributed by atoms with van der Waals surface area (Å²) in [5.74, 6) is 0.155. The van der Waals surface area contributed by atoms with E-state index in [1.54, 1.807) is 25.1 Å². The van der Waals surface area contributed by atoms with E-state index in [-0.39, 0.29) is 17.7 Å². The number of carbonyl (C=O) groups is 1. The third-order valence-electron chi connectivity index (χ3n) is 3.09. The monoisotopic (exact) mass is 234 g/mol. The summed E-state index contributed by atoms with van der Waals surface area (Å²) in [6, 6.07) is 5.13. The van der Waals surface area contributed by atoms with E-state index in [4.69, 9.17) is 0 Å². The minimum atomic E-state index is -0.0678. The molecule has 1 fully saturated rings. The summed E-state index contributed by atoms with van der Waals surface area (Å²) < 4.78 is 0. The molecule has 0 saturated carbocycles. The number of aryl methyl sites for hydroxylation is 1. The maximum absolute atomic E-state index is 12.0. The predicted octanol–water partition coefficient (Wildman–Crippen LogP) is 1.18. The smallest absolute Gasteiger partial charge is 0.251 e. The van der Waals surface area contributed by atoms with Crippen molar-refractivity contribution in [3.63, 3.8) is 0 Å². The van der Waals surface area contributed by atoms with Crippen LogP contribution in [0.5, 0.6) is 5.75 Å². The number of nitrogens with one attached hydrogen (secondary N) is 2. The molecule has 1 aliphatic heterocycles. The summed E-state index contributed by atoms with van der Waals surface area (Å²) in [5, 5.41) is 15.7. The maximum atomic E-state index is 12.0. The lowest BCUT2D eigenvalue weighted by Crippen LogP contribution is -2.45. The van der Waals surface area contributed by atoms with Crippen molar-refractivity contribution in [1.29, 1.82) is 0 Å². The van der Waals surface area contributed by atoms with Crippen molar-refractivity contribution in [3.05, 3.63) is 29.3 Å². The SMILES string of the molecule is Cc1cc(C(=O)N[C@H]2CCCNC2)ccc1O. The molecule has 1 saturated heterocycles. The number of rotatable bonds is 2. The molecule has 0 radical (unpaired) electrons. The highest BCUT2D eigenvalue weighted by Crippen LogP contribution is 2.17. The summed E-state index contributed by atoms with van der Waals surface area (Å²) in [7, 11) is 0. The van der Waals surface area contributed by atoms with Crippen LogP contribution in [-0.4, -0.2) is 30.1 Å².